The van der Waals surface area contributed by atoms with Crippen LogP contribution in [0.5, 0.6) is 0 Å². The largest absolute Gasteiger partial charge is 0.323 e. The van der Waals surface area contributed by atoms with Gasteiger partial charge in [0.05, 0.1) is 20.6 Å². The van der Waals surface area contributed by atoms with Gasteiger partial charge < -0.3 is 10.6 Å². The number of carbonyl (C=O) groups excluding carboxylic acids is 1. The summed E-state index contributed by atoms with van der Waals surface area (Å²) in [5.74, 6) is 0. The van der Waals surface area contributed by atoms with Crippen molar-refractivity contribution < 1.29 is 13.2 Å². The van der Waals surface area contributed by atoms with Gasteiger partial charge in [-0.15, -0.1) is 0 Å². The van der Waals surface area contributed by atoms with Crippen molar-refractivity contribution in [3.8, 4) is 0 Å². The van der Waals surface area contributed by atoms with E-state index in [1.54, 1.807) is 66.7 Å². The number of halogens is 2. The number of hydrogen-bond acceptors (Lipinski definition) is 3. The van der Waals surface area contributed by atoms with Gasteiger partial charge in [-0.25, -0.2) is 13.2 Å². The van der Waals surface area contributed by atoms with Gasteiger partial charge in [-0.1, -0.05) is 41.4 Å². The second-order valence-corrected chi connectivity index (χ2v) is 9.72. The lowest BCUT2D eigenvalue weighted by Gasteiger charge is -2.30. The van der Waals surface area contributed by atoms with Crippen molar-refractivity contribution in [2.24, 2.45) is 0 Å². The number of carbonyl (C=O) groups is 1. The Morgan fingerprint density at radius 3 is 2.26 bits per heavy atom. The highest BCUT2D eigenvalue weighted by Gasteiger charge is 2.29. The molecule has 1 aliphatic heterocycles. The molecule has 2 N–H and O–H groups in total. The molecule has 0 saturated carbocycles. The fourth-order valence-electron chi connectivity index (χ4n) is 3.48. The van der Waals surface area contributed by atoms with E-state index >= 15 is 0 Å². The van der Waals surface area contributed by atoms with Crippen molar-refractivity contribution >= 4 is 56.3 Å². The Kier molecular flexibility index (Phi) is 6.09. The van der Waals surface area contributed by atoms with Crippen LogP contribution in [0, 0.1) is 0 Å². The average molecular weight is 476 g/mol. The third-order valence-corrected chi connectivity index (χ3v) is 7.49. The molecule has 0 bridgehead atoms. The Balaban J connectivity index is 1.53. The summed E-state index contributed by atoms with van der Waals surface area (Å²) >= 11 is 11.9. The van der Waals surface area contributed by atoms with Crippen molar-refractivity contribution in [3.63, 3.8) is 0 Å². The molecule has 6 nitrogen and oxygen atoms in total. The van der Waals surface area contributed by atoms with Gasteiger partial charge in [-0.3, -0.25) is 4.31 Å². The molecule has 0 fully saturated rings. The van der Waals surface area contributed by atoms with Crippen LogP contribution in [-0.2, 0) is 16.4 Å². The quantitative estimate of drug-likeness (QED) is 0.501. The average Bonchev–Trinajstić information content (AvgIpc) is 2.76. The Hall–Kier alpha value is -2.74. The van der Waals surface area contributed by atoms with Gasteiger partial charge in [0.25, 0.3) is 10.0 Å². The van der Waals surface area contributed by atoms with Gasteiger partial charge >= 0.3 is 6.03 Å². The second-order valence-electron chi connectivity index (χ2n) is 7.05. The zero-order valence-electron chi connectivity index (χ0n) is 16.3. The summed E-state index contributed by atoms with van der Waals surface area (Å²) in [5.41, 5.74) is 2.56. The molecule has 3 aromatic carbocycles. The molecular formula is C22H19Cl2N3O3S. The molecule has 4 rings (SSSR count). The molecule has 3 aromatic rings. The van der Waals surface area contributed by atoms with Gasteiger partial charge in [-0.05, 0) is 66.9 Å². The zero-order valence-corrected chi connectivity index (χ0v) is 18.6. The minimum absolute atomic E-state index is 0.256. The number of amides is 2. The van der Waals surface area contributed by atoms with E-state index in [0.29, 0.717) is 40.1 Å². The topological polar surface area (TPSA) is 78.5 Å². The van der Waals surface area contributed by atoms with Gasteiger partial charge in [0.1, 0.15) is 0 Å². The first-order chi connectivity index (χ1) is 14.8. The van der Waals surface area contributed by atoms with Crippen molar-refractivity contribution in [1.29, 1.82) is 0 Å². The predicted octanol–water partition coefficient (Wildman–Crippen LogP) is 5.78. The van der Waals surface area contributed by atoms with E-state index in [2.05, 4.69) is 10.6 Å². The van der Waals surface area contributed by atoms with Crippen LogP contribution in [0.2, 0.25) is 10.0 Å². The Morgan fingerprint density at radius 1 is 0.871 bits per heavy atom. The lowest BCUT2D eigenvalue weighted by Crippen LogP contribution is -2.35. The molecule has 0 aliphatic carbocycles. The van der Waals surface area contributed by atoms with Crippen molar-refractivity contribution in [2.45, 2.75) is 17.7 Å². The summed E-state index contributed by atoms with van der Waals surface area (Å²) in [4.78, 5) is 12.6. The standard InChI is InChI=1S/C22H19Cl2N3O3S/c23-19-10-8-17(14-20(19)24)26-22(28)25-16-9-11-21-15(13-16)5-4-12-27(21)31(29,30)18-6-2-1-3-7-18/h1-3,6-11,13-14H,4-5,12H2,(H2,25,26,28). The molecule has 0 saturated heterocycles. The number of nitrogens with one attached hydrogen (secondary N) is 2. The maximum atomic E-state index is 13.1. The molecule has 9 heteroatoms. The van der Waals surface area contributed by atoms with E-state index in [4.69, 9.17) is 23.2 Å². The van der Waals surface area contributed by atoms with Crippen LogP contribution in [0.15, 0.2) is 71.6 Å². The van der Waals surface area contributed by atoms with Crippen LogP contribution in [0.25, 0.3) is 0 Å². The maximum Gasteiger partial charge on any atom is 0.323 e. The van der Waals surface area contributed by atoms with E-state index in [-0.39, 0.29) is 4.90 Å². The van der Waals surface area contributed by atoms with Crippen LogP contribution < -0.4 is 14.9 Å². The number of hydrogen-bond donors (Lipinski definition) is 2. The van der Waals surface area contributed by atoms with Crippen LogP contribution in [0.4, 0.5) is 21.9 Å². The highest BCUT2D eigenvalue weighted by atomic mass is 35.5. The van der Waals surface area contributed by atoms with Gasteiger partial charge in [0.15, 0.2) is 0 Å². The number of anilines is 3. The monoisotopic (exact) mass is 475 g/mol. The molecule has 0 unspecified atom stereocenters. The maximum absolute atomic E-state index is 13.1. The highest BCUT2D eigenvalue weighted by Crippen LogP contribution is 2.34. The van der Waals surface area contributed by atoms with Gasteiger partial charge in [-0.2, -0.15) is 0 Å². The molecule has 0 aromatic heterocycles. The second kappa shape index (κ2) is 8.78. The van der Waals surface area contributed by atoms with Crippen LogP contribution in [-0.4, -0.2) is 21.0 Å². The number of aryl methyl sites for hydroxylation is 1. The van der Waals surface area contributed by atoms with E-state index in [1.807, 2.05) is 0 Å². The first-order valence-corrected chi connectivity index (χ1v) is 11.8. The molecule has 160 valence electrons. The molecule has 1 heterocycles. The molecule has 0 radical (unpaired) electrons. The third kappa shape index (κ3) is 4.63. The van der Waals surface area contributed by atoms with Crippen LogP contribution in [0.3, 0.4) is 0 Å². The molecule has 1 aliphatic rings. The number of urea groups is 1. The van der Waals surface area contributed by atoms with E-state index in [9.17, 15) is 13.2 Å². The first kappa shape index (κ1) is 21.5. The van der Waals surface area contributed by atoms with Crippen molar-refractivity contribution in [3.05, 3.63) is 82.3 Å². The fraction of sp³-hybridized carbons (Fsp3) is 0.136. The minimum Gasteiger partial charge on any atom is -0.308 e. The van der Waals surface area contributed by atoms with Gasteiger partial charge in [0, 0.05) is 17.9 Å². The Bertz CT molecular complexity index is 1230. The fourth-order valence-corrected chi connectivity index (χ4v) is 5.34. The lowest BCUT2D eigenvalue weighted by molar-refractivity contribution is 0.262. The number of nitrogens with zero attached hydrogens (tertiary/aromatic N) is 1. The van der Waals surface area contributed by atoms with E-state index in [1.165, 1.54) is 4.31 Å². The zero-order chi connectivity index (χ0) is 22.0. The predicted molar refractivity (Wildman–Crippen MR) is 125 cm³/mol. The minimum atomic E-state index is -3.65. The highest BCUT2D eigenvalue weighted by molar-refractivity contribution is 7.92. The number of rotatable bonds is 4. The summed E-state index contributed by atoms with van der Waals surface area (Å²) in [7, 11) is -3.65. The summed E-state index contributed by atoms with van der Waals surface area (Å²) < 4.78 is 27.6. The van der Waals surface area contributed by atoms with Crippen LogP contribution in [0.1, 0.15) is 12.0 Å². The van der Waals surface area contributed by atoms with Crippen LogP contribution >= 0.6 is 23.2 Å². The molecule has 2 amide bonds. The van der Waals surface area contributed by atoms with Gasteiger partial charge in [0.2, 0.25) is 0 Å². The lowest BCUT2D eigenvalue weighted by atomic mass is 10.0. The van der Waals surface area contributed by atoms with E-state index < -0.39 is 16.1 Å². The Morgan fingerprint density at radius 2 is 1.55 bits per heavy atom. The molecule has 31 heavy (non-hydrogen) atoms. The normalized spacial score (nSPS) is 13.4. The van der Waals surface area contributed by atoms with Crippen molar-refractivity contribution in [1.82, 2.24) is 0 Å². The summed E-state index contributed by atoms with van der Waals surface area (Å²) in [6, 6.07) is 17.9. The van der Waals surface area contributed by atoms with E-state index in [0.717, 1.165) is 12.0 Å². The summed E-state index contributed by atoms with van der Waals surface area (Å²) in [6.45, 7) is 0.412. The summed E-state index contributed by atoms with van der Waals surface area (Å²) in [6.07, 6.45) is 1.41. The molecule has 0 atom stereocenters. The first-order valence-electron chi connectivity index (χ1n) is 9.58. The Labute approximate surface area is 190 Å². The number of sulfonamides is 1. The third-order valence-electron chi connectivity index (χ3n) is 4.92. The smallest absolute Gasteiger partial charge is 0.308 e. The SMILES string of the molecule is O=C(Nc1ccc(Cl)c(Cl)c1)Nc1ccc2c(c1)CCCN2S(=O)(=O)c1ccccc1. The number of fused-ring (bicyclic) bond motifs is 1. The number of benzene rings is 3. The molecular weight excluding hydrogens is 457 g/mol. The summed E-state index contributed by atoms with van der Waals surface area (Å²) in [5, 5.41) is 6.20. The van der Waals surface area contributed by atoms with Crippen molar-refractivity contribution in [2.75, 3.05) is 21.5 Å². The molecule has 0 spiro atoms.